The zero-order valence-electron chi connectivity index (χ0n) is 18.3. The lowest BCUT2D eigenvalue weighted by Gasteiger charge is -2.16. The number of nitrogens with zero attached hydrogens (tertiary/aromatic N) is 1. The van der Waals surface area contributed by atoms with E-state index in [1.165, 1.54) is 0 Å². The lowest BCUT2D eigenvalue weighted by atomic mass is 9.88. The fourth-order valence-electron chi connectivity index (χ4n) is 4.97. The number of hydrogen-bond donors (Lipinski definition) is 3. The average molecular weight is 434 g/mol. The topological polar surface area (TPSA) is 109 Å². The molecule has 3 aromatic rings. The number of hydroxylamine groups is 1. The number of aliphatic carboxylic acids is 1. The molecule has 0 saturated heterocycles. The minimum absolute atomic E-state index is 0.182. The molecule has 3 N–H and O–H groups in total. The van der Waals surface area contributed by atoms with Crippen molar-refractivity contribution in [2.24, 2.45) is 16.7 Å². The van der Waals surface area contributed by atoms with E-state index in [2.05, 4.69) is 4.98 Å². The molecule has 1 heterocycles. The van der Waals surface area contributed by atoms with Crippen LogP contribution in [0.15, 0.2) is 54.6 Å². The molecule has 166 valence electrons. The van der Waals surface area contributed by atoms with E-state index in [9.17, 15) is 14.7 Å². The summed E-state index contributed by atoms with van der Waals surface area (Å²) in [5.74, 6) is -1.86. The number of pyridine rings is 1. The maximum atomic E-state index is 12.1. The molecule has 1 amide bonds. The first-order chi connectivity index (χ1) is 15.2. The monoisotopic (exact) mass is 434 g/mol. The fourth-order valence-corrected chi connectivity index (χ4v) is 4.97. The highest BCUT2D eigenvalue weighted by molar-refractivity contribution is 5.94. The highest BCUT2D eigenvalue weighted by atomic mass is 16.5. The Morgan fingerprint density at radius 2 is 1.81 bits per heavy atom. The first-order valence-corrected chi connectivity index (χ1v) is 10.4. The Hall–Kier alpha value is -3.45. The second kappa shape index (κ2) is 7.91. The molecule has 32 heavy (non-hydrogen) atoms. The first-order valence-electron chi connectivity index (χ1n) is 10.4. The van der Waals surface area contributed by atoms with Gasteiger partial charge in [-0.3, -0.25) is 19.8 Å². The molecule has 4 rings (SSSR count). The summed E-state index contributed by atoms with van der Waals surface area (Å²) in [5, 5.41) is 20.0. The van der Waals surface area contributed by atoms with Crippen LogP contribution >= 0.6 is 0 Å². The lowest BCUT2D eigenvalue weighted by Crippen LogP contribution is -2.29. The number of hydrogen-bond acceptors (Lipinski definition) is 5. The van der Waals surface area contributed by atoms with Crippen LogP contribution in [0.2, 0.25) is 0 Å². The van der Waals surface area contributed by atoms with Gasteiger partial charge in [0.1, 0.15) is 12.4 Å². The van der Waals surface area contributed by atoms with Crippen LogP contribution in [-0.4, -0.2) is 27.2 Å². The quantitative estimate of drug-likeness (QED) is 0.384. The van der Waals surface area contributed by atoms with Crippen LogP contribution in [0.3, 0.4) is 0 Å². The van der Waals surface area contributed by atoms with Gasteiger partial charge in [-0.05, 0) is 48.6 Å². The van der Waals surface area contributed by atoms with Gasteiger partial charge in [0.2, 0.25) is 5.91 Å². The van der Waals surface area contributed by atoms with Crippen LogP contribution in [-0.2, 0) is 22.6 Å². The molecule has 0 aliphatic heterocycles. The fraction of sp³-hybridized carbons (Fsp3) is 0.320. The standard InChI is InChI=1S/C25H26N2O5/c1-15-12-17(19-6-4-5-7-20(19)26-15)14-32-18-10-8-16(9-11-18)13-25(23(29)30)21(22(28)27-31)24(25,2)3/h4-12,21,31H,13-14H2,1-3H3,(H,27,28)(H,29,30)/t21?,25-/m0/s1. The zero-order valence-corrected chi connectivity index (χ0v) is 18.3. The van der Waals surface area contributed by atoms with Gasteiger partial charge >= 0.3 is 5.97 Å². The molecule has 1 aliphatic carbocycles. The molecule has 7 heteroatoms. The second-order valence-corrected chi connectivity index (χ2v) is 8.96. The average Bonchev–Trinajstić information content (AvgIpc) is 3.27. The highest BCUT2D eigenvalue weighted by Gasteiger charge is 2.78. The van der Waals surface area contributed by atoms with Gasteiger partial charge in [-0.1, -0.05) is 44.2 Å². The van der Waals surface area contributed by atoms with Crippen LogP contribution in [0.4, 0.5) is 0 Å². The van der Waals surface area contributed by atoms with Crippen molar-refractivity contribution in [1.82, 2.24) is 10.5 Å². The van der Waals surface area contributed by atoms with Crippen molar-refractivity contribution in [3.8, 4) is 5.75 Å². The largest absolute Gasteiger partial charge is 0.489 e. The number of aromatic nitrogens is 1. The van der Waals surface area contributed by atoms with Crippen LogP contribution < -0.4 is 10.2 Å². The van der Waals surface area contributed by atoms with E-state index >= 15 is 0 Å². The summed E-state index contributed by atoms with van der Waals surface area (Å²) in [6.07, 6.45) is 0.182. The van der Waals surface area contributed by atoms with Gasteiger partial charge in [-0.25, -0.2) is 5.48 Å². The van der Waals surface area contributed by atoms with E-state index in [1.54, 1.807) is 31.5 Å². The third kappa shape index (κ3) is 3.48. The zero-order chi connectivity index (χ0) is 23.1. The van der Waals surface area contributed by atoms with Gasteiger partial charge in [0, 0.05) is 16.6 Å². The number of carboxylic acids is 1. The van der Waals surface area contributed by atoms with Crippen molar-refractivity contribution >= 4 is 22.8 Å². The number of carbonyl (C=O) groups excluding carboxylic acids is 1. The number of para-hydroxylation sites is 1. The molecule has 1 unspecified atom stereocenters. The molecule has 1 fully saturated rings. The van der Waals surface area contributed by atoms with E-state index in [4.69, 9.17) is 9.94 Å². The number of nitrogens with one attached hydrogen (secondary N) is 1. The van der Waals surface area contributed by atoms with Gasteiger partial charge < -0.3 is 9.84 Å². The normalized spacial score (nSPS) is 21.2. The Bertz CT molecular complexity index is 1190. The summed E-state index contributed by atoms with van der Waals surface area (Å²) in [5.41, 5.74) is 3.24. The molecule has 1 saturated carbocycles. The van der Waals surface area contributed by atoms with Crippen molar-refractivity contribution in [3.63, 3.8) is 0 Å². The smallest absolute Gasteiger partial charge is 0.311 e. The van der Waals surface area contributed by atoms with Crippen LogP contribution in [0.25, 0.3) is 10.9 Å². The van der Waals surface area contributed by atoms with E-state index in [1.807, 2.05) is 49.4 Å². The number of ether oxygens (including phenoxy) is 1. The molecule has 2 atom stereocenters. The Labute approximate surface area is 186 Å². The Balaban J connectivity index is 1.50. The summed E-state index contributed by atoms with van der Waals surface area (Å²) in [4.78, 5) is 28.7. The lowest BCUT2D eigenvalue weighted by molar-refractivity contribution is -0.147. The van der Waals surface area contributed by atoms with Gasteiger partial charge in [0.25, 0.3) is 0 Å². The molecular weight excluding hydrogens is 408 g/mol. The predicted molar refractivity (Wildman–Crippen MR) is 118 cm³/mol. The number of fused-ring (bicyclic) bond motifs is 1. The Morgan fingerprint density at radius 3 is 2.47 bits per heavy atom. The maximum absolute atomic E-state index is 12.1. The molecule has 0 spiro atoms. The van der Waals surface area contributed by atoms with Crippen molar-refractivity contribution in [2.75, 3.05) is 0 Å². The Kier molecular flexibility index (Phi) is 5.38. The molecule has 1 aliphatic rings. The summed E-state index contributed by atoms with van der Waals surface area (Å²) in [6.45, 7) is 5.81. The molecule has 0 bridgehead atoms. The third-order valence-corrected chi connectivity index (χ3v) is 6.77. The molecular formula is C25H26N2O5. The minimum Gasteiger partial charge on any atom is -0.489 e. The van der Waals surface area contributed by atoms with Crippen molar-refractivity contribution in [1.29, 1.82) is 0 Å². The number of carbonyl (C=O) groups is 2. The van der Waals surface area contributed by atoms with Crippen LogP contribution in [0.5, 0.6) is 5.75 Å². The Morgan fingerprint density at radius 1 is 1.12 bits per heavy atom. The van der Waals surface area contributed by atoms with E-state index in [0.717, 1.165) is 27.7 Å². The van der Waals surface area contributed by atoms with Gasteiger partial charge in [-0.2, -0.15) is 0 Å². The summed E-state index contributed by atoms with van der Waals surface area (Å²) in [7, 11) is 0. The number of rotatable bonds is 7. The number of benzene rings is 2. The van der Waals surface area contributed by atoms with Crippen LogP contribution in [0, 0.1) is 23.7 Å². The number of aryl methyl sites for hydroxylation is 1. The SMILES string of the molecule is Cc1cc(COc2ccc(C[C@@]3(C(=O)O)C(C(=O)NO)C3(C)C)cc2)c2ccccc2n1. The predicted octanol–water partition coefficient (Wildman–Crippen LogP) is 3.90. The summed E-state index contributed by atoms with van der Waals surface area (Å²) >= 11 is 0. The van der Waals surface area contributed by atoms with Crippen molar-refractivity contribution in [3.05, 3.63) is 71.4 Å². The van der Waals surface area contributed by atoms with Gasteiger partial charge in [-0.15, -0.1) is 0 Å². The van der Waals surface area contributed by atoms with Gasteiger partial charge in [0.05, 0.1) is 16.8 Å². The second-order valence-electron chi connectivity index (χ2n) is 8.96. The van der Waals surface area contributed by atoms with E-state index in [0.29, 0.717) is 12.4 Å². The molecule has 1 aromatic heterocycles. The molecule has 0 radical (unpaired) electrons. The number of carboxylic acid groups (broad SMARTS) is 1. The van der Waals surface area contributed by atoms with E-state index in [-0.39, 0.29) is 6.42 Å². The summed E-state index contributed by atoms with van der Waals surface area (Å²) in [6, 6.07) is 17.2. The molecule has 7 nitrogen and oxygen atoms in total. The third-order valence-electron chi connectivity index (χ3n) is 6.77. The van der Waals surface area contributed by atoms with E-state index < -0.39 is 28.6 Å². The van der Waals surface area contributed by atoms with Crippen LogP contribution in [0.1, 0.15) is 30.7 Å². The molecule has 2 aromatic carbocycles. The van der Waals surface area contributed by atoms with Crippen molar-refractivity contribution < 1.29 is 24.6 Å². The highest BCUT2D eigenvalue weighted by Crippen LogP contribution is 2.70. The maximum Gasteiger partial charge on any atom is 0.311 e. The summed E-state index contributed by atoms with van der Waals surface area (Å²) < 4.78 is 5.98. The first kappa shape index (κ1) is 21.8. The van der Waals surface area contributed by atoms with Crippen molar-refractivity contribution in [2.45, 2.75) is 33.8 Å². The minimum atomic E-state index is -1.27. The van der Waals surface area contributed by atoms with Gasteiger partial charge in [0.15, 0.2) is 0 Å². The number of amides is 1.